The van der Waals surface area contributed by atoms with E-state index in [1.54, 1.807) is 30.5 Å². The minimum Gasteiger partial charge on any atom is -0.462 e. The number of anilines is 1. The molecule has 0 aliphatic heterocycles. The second-order valence-corrected chi connectivity index (χ2v) is 6.15. The third-order valence-electron chi connectivity index (χ3n) is 3.71. The number of carbonyl (C=O) groups excluding carboxylic acids is 1. The van der Waals surface area contributed by atoms with Crippen LogP contribution in [0.1, 0.15) is 17.1 Å². The molecule has 2 aromatic heterocycles. The molecule has 5 nitrogen and oxygen atoms in total. The van der Waals surface area contributed by atoms with Crippen LogP contribution >= 0.6 is 11.6 Å². The van der Waals surface area contributed by atoms with Gasteiger partial charge in [0.1, 0.15) is 11.5 Å². The standard InChI is InChI=1S/C20H17ClN2O3/c1-14-6-8-17(26-14)9-10-19(24)22-16-7-11-20(25)23(13-16)12-15-4-2-3-5-18(15)21/h2-11,13H,12H2,1H3,(H,22,24)/b10-9+. The van der Waals surface area contributed by atoms with Crippen molar-refractivity contribution in [2.75, 3.05) is 5.32 Å². The van der Waals surface area contributed by atoms with Crippen LogP contribution in [0.4, 0.5) is 5.69 Å². The highest BCUT2D eigenvalue weighted by Crippen LogP contribution is 2.16. The van der Waals surface area contributed by atoms with Crippen molar-refractivity contribution >= 4 is 29.3 Å². The molecule has 132 valence electrons. The molecule has 3 rings (SSSR count). The first-order valence-electron chi connectivity index (χ1n) is 8.01. The number of aryl methyl sites for hydroxylation is 1. The number of rotatable bonds is 5. The van der Waals surface area contributed by atoms with Gasteiger partial charge >= 0.3 is 0 Å². The Balaban J connectivity index is 1.73. The molecule has 0 atom stereocenters. The molecule has 0 fully saturated rings. The summed E-state index contributed by atoms with van der Waals surface area (Å²) in [4.78, 5) is 24.1. The van der Waals surface area contributed by atoms with Crippen molar-refractivity contribution in [3.8, 4) is 0 Å². The second-order valence-electron chi connectivity index (χ2n) is 5.75. The Hall–Kier alpha value is -3.05. The maximum Gasteiger partial charge on any atom is 0.250 e. The number of benzene rings is 1. The van der Waals surface area contributed by atoms with E-state index in [2.05, 4.69) is 5.32 Å². The van der Waals surface area contributed by atoms with Crippen LogP contribution in [0.3, 0.4) is 0 Å². The molecule has 26 heavy (non-hydrogen) atoms. The molecule has 6 heteroatoms. The number of nitrogens with zero attached hydrogens (tertiary/aromatic N) is 1. The zero-order valence-electron chi connectivity index (χ0n) is 14.1. The van der Waals surface area contributed by atoms with Gasteiger partial charge in [-0.2, -0.15) is 0 Å². The predicted octanol–water partition coefficient (Wildman–Crippen LogP) is 4.10. The highest BCUT2D eigenvalue weighted by Gasteiger charge is 2.05. The van der Waals surface area contributed by atoms with E-state index in [0.29, 0.717) is 23.0 Å². The summed E-state index contributed by atoms with van der Waals surface area (Å²) in [7, 11) is 0. The van der Waals surface area contributed by atoms with Crippen molar-refractivity contribution in [1.29, 1.82) is 0 Å². The summed E-state index contributed by atoms with van der Waals surface area (Å²) in [6.45, 7) is 2.16. The van der Waals surface area contributed by atoms with E-state index in [-0.39, 0.29) is 11.5 Å². The Kier molecular flexibility index (Phi) is 5.39. The fourth-order valence-corrected chi connectivity index (χ4v) is 2.62. The first-order chi connectivity index (χ1) is 12.5. The summed E-state index contributed by atoms with van der Waals surface area (Å²) in [6.07, 6.45) is 4.55. The van der Waals surface area contributed by atoms with Crippen molar-refractivity contribution in [3.05, 3.63) is 93.3 Å². The number of pyridine rings is 1. The third kappa shape index (κ3) is 4.52. The SMILES string of the molecule is Cc1ccc(/C=C/C(=O)Nc2ccc(=O)n(Cc3ccccc3Cl)c2)o1. The average molecular weight is 369 g/mol. The average Bonchev–Trinajstić information content (AvgIpc) is 3.03. The number of aromatic nitrogens is 1. The summed E-state index contributed by atoms with van der Waals surface area (Å²) in [5.41, 5.74) is 1.17. The lowest BCUT2D eigenvalue weighted by molar-refractivity contribution is -0.111. The molecule has 0 saturated heterocycles. The normalized spacial score (nSPS) is 11.0. The molecule has 3 aromatic rings. The number of amides is 1. The first-order valence-corrected chi connectivity index (χ1v) is 8.38. The Morgan fingerprint density at radius 2 is 2.00 bits per heavy atom. The van der Waals surface area contributed by atoms with Crippen LogP contribution in [0.25, 0.3) is 6.08 Å². The fourth-order valence-electron chi connectivity index (χ4n) is 2.42. The van der Waals surface area contributed by atoms with Crippen molar-refractivity contribution < 1.29 is 9.21 Å². The highest BCUT2D eigenvalue weighted by atomic mass is 35.5. The second kappa shape index (κ2) is 7.89. The molecule has 0 aliphatic carbocycles. The molecule has 1 N–H and O–H groups in total. The van der Waals surface area contributed by atoms with Crippen LogP contribution in [-0.2, 0) is 11.3 Å². The quantitative estimate of drug-likeness (QED) is 0.689. The van der Waals surface area contributed by atoms with Gasteiger partial charge in [-0.15, -0.1) is 0 Å². The van der Waals surface area contributed by atoms with Gasteiger partial charge in [-0.05, 0) is 42.8 Å². The zero-order chi connectivity index (χ0) is 18.5. The van der Waals surface area contributed by atoms with Crippen molar-refractivity contribution in [1.82, 2.24) is 4.57 Å². The van der Waals surface area contributed by atoms with Crippen LogP contribution in [0, 0.1) is 6.92 Å². The minimum absolute atomic E-state index is 0.176. The maximum atomic E-state index is 12.1. The monoisotopic (exact) mass is 368 g/mol. The molecule has 0 radical (unpaired) electrons. The van der Waals surface area contributed by atoms with E-state index < -0.39 is 0 Å². The number of hydrogen-bond donors (Lipinski definition) is 1. The first kappa shape index (κ1) is 17.8. The lowest BCUT2D eigenvalue weighted by Gasteiger charge is -2.10. The highest BCUT2D eigenvalue weighted by molar-refractivity contribution is 6.31. The van der Waals surface area contributed by atoms with Crippen molar-refractivity contribution in [3.63, 3.8) is 0 Å². The van der Waals surface area contributed by atoms with E-state index in [1.165, 1.54) is 16.7 Å². The number of carbonyl (C=O) groups is 1. The van der Waals surface area contributed by atoms with Gasteiger partial charge in [-0.3, -0.25) is 9.59 Å². The van der Waals surface area contributed by atoms with Crippen LogP contribution in [0.2, 0.25) is 5.02 Å². The van der Waals surface area contributed by atoms with Crippen LogP contribution in [0.15, 0.2) is 70.0 Å². The van der Waals surface area contributed by atoms with Crippen LogP contribution < -0.4 is 10.9 Å². The molecule has 2 heterocycles. The largest absolute Gasteiger partial charge is 0.462 e. The Morgan fingerprint density at radius 1 is 1.19 bits per heavy atom. The maximum absolute atomic E-state index is 12.1. The van der Waals surface area contributed by atoms with E-state index >= 15 is 0 Å². The van der Waals surface area contributed by atoms with Gasteiger partial charge in [0.2, 0.25) is 5.91 Å². The summed E-state index contributed by atoms with van der Waals surface area (Å²) < 4.78 is 6.87. The molecule has 1 aromatic carbocycles. The lowest BCUT2D eigenvalue weighted by Crippen LogP contribution is -2.20. The van der Waals surface area contributed by atoms with E-state index in [1.807, 2.05) is 31.2 Å². The molecule has 0 unspecified atom stereocenters. The van der Waals surface area contributed by atoms with Gasteiger partial charge < -0.3 is 14.3 Å². The van der Waals surface area contributed by atoms with Gasteiger partial charge in [0.05, 0.1) is 12.2 Å². The fraction of sp³-hybridized carbons (Fsp3) is 0.100. The summed E-state index contributed by atoms with van der Waals surface area (Å²) in [5.74, 6) is 1.06. The lowest BCUT2D eigenvalue weighted by atomic mass is 10.2. The Morgan fingerprint density at radius 3 is 2.73 bits per heavy atom. The van der Waals surface area contributed by atoms with Gasteiger partial charge in [0.15, 0.2) is 0 Å². The van der Waals surface area contributed by atoms with Crippen LogP contribution in [0.5, 0.6) is 0 Å². The Bertz CT molecular complexity index is 1020. The van der Waals surface area contributed by atoms with E-state index in [4.69, 9.17) is 16.0 Å². The molecule has 0 saturated carbocycles. The van der Waals surface area contributed by atoms with Crippen molar-refractivity contribution in [2.24, 2.45) is 0 Å². The summed E-state index contributed by atoms with van der Waals surface area (Å²) >= 11 is 6.15. The molecule has 0 spiro atoms. The predicted molar refractivity (Wildman–Crippen MR) is 102 cm³/mol. The van der Waals surface area contributed by atoms with Gasteiger partial charge in [0.25, 0.3) is 5.56 Å². The molecular formula is C20H17ClN2O3. The number of nitrogens with one attached hydrogen (secondary N) is 1. The number of hydrogen-bond acceptors (Lipinski definition) is 3. The van der Waals surface area contributed by atoms with Gasteiger partial charge in [-0.25, -0.2) is 0 Å². The van der Waals surface area contributed by atoms with Crippen molar-refractivity contribution in [2.45, 2.75) is 13.5 Å². The molecular weight excluding hydrogens is 352 g/mol. The van der Waals surface area contributed by atoms with E-state index in [0.717, 1.165) is 11.3 Å². The van der Waals surface area contributed by atoms with Crippen LogP contribution in [-0.4, -0.2) is 10.5 Å². The molecule has 0 aliphatic rings. The van der Waals surface area contributed by atoms with E-state index in [9.17, 15) is 9.59 Å². The molecule has 1 amide bonds. The minimum atomic E-state index is -0.318. The topological polar surface area (TPSA) is 64.2 Å². The van der Waals surface area contributed by atoms with Gasteiger partial charge in [0, 0.05) is 23.4 Å². The summed E-state index contributed by atoms with van der Waals surface area (Å²) in [5, 5.41) is 3.32. The molecule has 0 bridgehead atoms. The smallest absolute Gasteiger partial charge is 0.250 e. The summed E-state index contributed by atoms with van der Waals surface area (Å²) in [6, 6.07) is 13.9. The zero-order valence-corrected chi connectivity index (χ0v) is 14.9. The Labute approximate surface area is 155 Å². The number of furan rings is 1. The third-order valence-corrected chi connectivity index (χ3v) is 4.08. The number of halogens is 1. The van der Waals surface area contributed by atoms with Gasteiger partial charge in [-0.1, -0.05) is 29.8 Å².